The first-order valence-electron chi connectivity index (χ1n) is 21.2. The number of aryl methyl sites for hydroxylation is 6. The van der Waals surface area contributed by atoms with Gasteiger partial charge in [-0.2, -0.15) is 0 Å². The van der Waals surface area contributed by atoms with E-state index in [0.717, 1.165) is 0 Å². The van der Waals surface area contributed by atoms with Crippen LogP contribution in [0, 0.1) is 41.5 Å². The molecule has 0 N–H and O–H groups in total. The highest BCUT2D eigenvalue weighted by Gasteiger charge is 2.28. The zero-order valence-corrected chi connectivity index (χ0v) is 37.8. The van der Waals surface area contributed by atoms with E-state index in [1.807, 2.05) is 21.6 Å². The summed E-state index contributed by atoms with van der Waals surface area (Å²) in [6.07, 6.45) is 0. The van der Waals surface area contributed by atoms with Gasteiger partial charge in [-0.3, -0.25) is 0 Å². The lowest BCUT2D eigenvalue weighted by molar-refractivity contribution is 1.10. The average molecular weight is 815 g/mol. The van der Waals surface area contributed by atoms with Gasteiger partial charge in [0.15, 0.2) is 0 Å². The standard InChI is InChI=1S/C58H54S2/c1-37-21-9-15-27-45(37)51-33-35-53(47-29-17-11-23-39(47)3)57(49-31-19-13-25-41(49)5)55(51)43(7)59-60-44(8)56-52(46-28-16-10-22-38(46)2)34-36-54(48-30-18-12-24-40(48)4)58(56)50-32-20-14-26-42(50)6/h9-36,43-44H,1-8H3/t43-,44-/m1/s1. The minimum absolute atomic E-state index is 0.147. The first-order chi connectivity index (χ1) is 29.1. The van der Waals surface area contributed by atoms with Crippen molar-refractivity contribution < 1.29 is 0 Å². The number of benzene rings is 8. The smallest absolute Gasteiger partial charge is 0.0385 e. The minimum atomic E-state index is 0.147. The van der Waals surface area contributed by atoms with Gasteiger partial charge in [-0.1, -0.05) is 191 Å². The van der Waals surface area contributed by atoms with E-state index < -0.39 is 0 Å². The number of hydrogen-bond donors (Lipinski definition) is 0. The highest BCUT2D eigenvalue weighted by Crippen LogP contribution is 2.56. The molecular formula is C58H54S2. The van der Waals surface area contributed by atoms with Crippen molar-refractivity contribution in [3.8, 4) is 66.8 Å². The molecular weight excluding hydrogens is 761 g/mol. The van der Waals surface area contributed by atoms with E-state index in [1.54, 1.807) is 0 Å². The SMILES string of the molecule is Cc1ccccc1-c1ccc(-c2ccccc2C)c([C@@H](C)SS[C@H](C)c2c(-c3ccccc3C)ccc(-c3ccccc3C)c2-c2ccccc2C)c1-c1ccccc1C. The fourth-order valence-corrected chi connectivity index (χ4v) is 11.6. The molecule has 0 nitrogen and oxygen atoms in total. The van der Waals surface area contributed by atoms with Crippen LogP contribution in [-0.2, 0) is 0 Å². The molecule has 2 heteroatoms. The lowest BCUT2D eigenvalue weighted by Gasteiger charge is -2.28. The van der Waals surface area contributed by atoms with Crippen molar-refractivity contribution in [2.45, 2.75) is 65.9 Å². The molecule has 8 aromatic carbocycles. The maximum absolute atomic E-state index is 2.43. The van der Waals surface area contributed by atoms with Crippen LogP contribution in [-0.4, -0.2) is 0 Å². The van der Waals surface area contributed by atoms with E-state index in [9.17, 15) is 0 Å². The quantitative estimate of drug-likeness (QED) is 0.119. The van der Waals surface area contributed by atoms with Gasteiger partial charge in [-0.05, 0) is 167 Å². The summed E-state index contributed by atoms with van der Waals surface area (Å²) in [4.78, 5) is 0. The van der Waals surface area contributed by atoms with Crippen molar-refractivity contribution in [2.75, 3.05) is 0 Å². The molecule has 0 amide bonds. The Kier molecular flexibility index (Phi) is 12.3. The summed E-state index contributed by atoms with van der Waals surface area (Å²) in [5.74, 6) is 0. The molecule has 0 unspecified atom stereocenters. The van der Waals surface area contributed by atoms with Crippen molar-refractivity contribution in [2.24, 2.45) is 0 Å². The Hall–Kier alpha value is -5.54. The molecule has 0 saturated heterocycles. The Balaban J connectivity index is 1.34. The highest BCUT2D eigenvalue weighted by atomic mass is 33.1. The van der Waals surface area contributed by atoms with Crippen LogP contribution in [0.2, 0.25) is 0 Å². The summed E-state index contributed by atoms with van der Waals surface area (Å²) in [6.45, 7) is 18.4. The van der Waals surface area contributed by atoms with Crippen LogP contribution in [0.5, 0.6) is 0 Å². The predicted molar refractivity (Wildman–Crippen MR) is 266 cm³/mol. The molecule has 0 aliphatic carbocycles. The molecule has 0 aliphatic rings. The Labute approximate surface area is 366 Å². The number of rotatable bonds is 11. The van der Waals surface area contributed by atoms with Crippen LogP contribution in [0.25, 0.3) is 66.8 Å². The molecule has 0 fully saturated rings. The molecule has 0 aliphatic heterocycles. The first kappa shape index (κ1) is 41.2. The van der Waals surface area contributed by atoms with Gasteiger partial charge in [0, 0.05) is 10.5 Å². The molecule has 0 saturated carbocycles. The fourth-order valence-electron chi connectivity index (χ4n) is 9.05. The highest BCUT2D eigenvalue weighted by molar-refractivity contribution is 8.76. The fraction of sp³-hybridized carbons (Fsp3) is 0.172. The zero-order chi connectivity index (χ0) is 41.9. The van der Waals surface area contributed by atoms with Gasteiger partial charge in [0.05, 0.1) is 0 Å². The average Bonchev–Trinajstić information content (AvgIpc) is 3.26. The second kappa shape index (κ2) is 18.0. The van der Waals surface area contributed by atoms with Crippen molar-refractivity contribution >= 4 is 21.6 Å². The first-order valence-corrected chi connectivity index (χ1v) is 23.4. The molecule has 0 aromatic heterocycles. The maximum atomic E-state index is 2.43. The van der Waals surface area contributed by atoms with Crippen LogP contribution in [0.3, 0.4) is 0 Å². The number of hydrogen-bond acceptors (Lipinski definition) is 2. The molecule has 2 atom stereocenters. The minimum Gasteiger partial charge on any atom is -0.0855 e. The topological polar surface area (TPSA) is 0 Å². The van der Waals surface area contributed by atoms with Crippen molar-refractivity contribution in [3.05, 3.63) is 214 Å². The van der Waals surface area contributed by atoms with Gasteiger partial charge < -0.3 is 0 Å². The summed E-state index contributed by atoms with van der Waals surface area (Å²) in [5.41, 5.74) is 26.1. The summed E-state index contributed by atoms with van der Waals surface area (Å²) in [6, 6.07) is 62.9. The summed E-state index contributed by atoms with van der Waals surface area (Å²) in [7, 11) is 4.02. The predicted octanol–water partition coefficient (Wildman–Crippen LogP) is 17.7. The molecule has 0 heterocycles. The molecule has 8 rings (SSSR count). The van der Waals surface area contributed by atoms with Gasteiger partial charge in [-0.15, -0.1) is 0 Å². The van der Waals surface area contributed by atoms with E-state index in [1.165, 1.54) is 111 Å². The van der Waals surface area contributed by atoms with Crippen LogP contribution in [0.4, 0.5) is 0 Å². The van der Waals surface area contributed by atoms with Gasteiger partial charge in [0.1, 0.15) is 0 Å². The molecule has 60 heavy (non-hydrogen) atoms. The monoisotopic (exact) mass is 814 g/mol. The van der Waals surface area contributed by atoms with Gasteiger partial charge in [0.25, 0.3) is 0 Å². The Morgan fingerprint density at radius 2 is 0.467 bits per heavy atom. The van der Waals surface area contributed by atoms with E-state index in [2.05, 4.69) is 225 Å². The third-order valence-electron chi connectivity index (χ3n) is 12.2. The van der Waals surface area contributed by atoms with E-state index >= 15 is 0 Å². The van der Waals surface area contributed by atoms with E-state index in [4.69, 9.17) is 0 Å². The second-order valence-corrected chi connectivity index (χ2v) is 19.2. The third kappa shape index (κ3) is 8.04. The van der Waals surface area contributed by atoms with Crippen LogP contribution < -0.4 is 0 Å². The van der Waals surface area contributed by atoms with E-state index in [-0.39, 0.29) is 10.5 Å². The van der Waals surface area contributed by atoms with Crippen LogP contribution in [0.15, 0.2) is 170 Å². The van der Waals surface area contributed by atoms with Gasteiger partial charge in [0.2, 0.25) is 0 Å². The molecule has 0 spiro atoms. The Morgan fingerprint density at radius 3 is 0.733 bits per heavy atom. The second-order valence-electron chi connectivity index (χ2n) is 16.3. The molecule has 8 aromatic rings. The zero-order valence-electron chi connectivity index (χ0n) is 36.1. The third-order valence-corrected chi connectivity index (χ3v) is 15.4. The van der Waals surface area contributed by atoms with Crippen molar-refractivity contribution in [1.29, 1.82) is 0 Å². The Bertz CT molecular complexity index is 2630. The van der Waals surface area contributed by atoms with Crippen molar-refractivity contribution in [1.82, 2.24) is 0 Å². The summed E-state index contributed by atoms with van der Waals surface area (Å²) >= 11 is 0. The largest absolute Gasteiger partial charge is 0.0855 e. The maximum Gasteiger partial charge on any atom is 0.0385 e. The summed E-state index contributed by atoms with van der Waals surface area (Å²) in [5, 5.41) is 0.294. The molecule has 298 valence electrons. The van der Waals surface area contributed by atoms with Gasteiger partial charge in [-0.25, -0.2) is 0 Å². The Morgan fingerprint density at radius 1 is 0.250 bits per heavy atom. The summed E-state index contributed by atoms with van der Waals surface area (Å²) < 4.78 is 0. The van der Waals surface area contributed by atoms with Crippen LogP contribution in [0.1, 0.15) is 68.9 Å². The molecule has 0 bridgehead atoms. The lowest BCUT2D eigenvalue weighted by Crippen LogP contribution is -2.03. The van der Waals surface area contributed by atoms with Crippen LogP contribution >= 0.6 is 21.6 Å². The normalized spacial score (nSPS) is 12.3. The molecule has 0 radical (unpaired) electrons. The van der Waals surface area contributed by atoms with E-state index in [0.29, 0.717) is 0 Å². The van der Waals surface area contributed by atoms with Crippen molar-refractivity contribution in [3.63, 3.8) is 0 Å². The van der Waals surface area contributed by atoms with Gasteiger partial charge >= 0.3 is 0 Å². The lowest BCUT2D eigenvalue weighted by atomic mass is 9.82.